The number of amides is 1. The van der Waals surface area contributed by atoms with Gasteiger partial charge in [-0.1, -0.05) is 29.8 Å². The Kier molecular flexibility index (Phi) is 6.48. The Bertz CT molecular complexity index is 801. The topological polar surface area (TPSA) is 32.3 Å². The summed E-state index contributed by atoms with van der Waals surface area (Å²) in [6, 6.07) is 12.2. The summed E-state index contributed by atoms with van der Waals surface area (Å²) in [5, 5.41) is 7.70. The zero-order valence-corrected chi connectivity index (χ0v) is 17.2. The molecule has 0 fully saturated rings. The first-order chi connectivity index (χ1) is 12.5. The largest absolute Gasteiger partial charge is 0.323 e. The molecule has 0 bridgehead atoms. The molecule has 0 aliphatic rings. The second-order valence-electron chi connectivity index (χ2n) is 6.29. The van der Waals surface area contributed by atoms with Crippen LogP contribution in [0.4, 0.5) is 5.69 Å². The first kappa shape index (κ1) is 19.1. The van der Waals surface area contributed by atoms with Gasteiger partial charge in [0.05, 0.1) is 17.3 Å². The molecule has 0 spiro atoms. The number of hydrogen-bond donors (Lipinski definition) is 1. The van der Waals surface area contributed by atoms with Crippen LogP contribution in [-0.2, 0) is 17.9 Å². The highest BCUT2D eigenvalue weighted by atomic mass is 35.5. The monoisotopic (exact) mass is 404 g/mol. The van der Waals surface area contributed by atoms with E-state index in [1.165, 1.54) is 9.75 Å². The number of nitrogens with one attached hydrogen (secondary N) is 1. The van der Waals surface area contributed by atoms with Crippen molar-refractivity contribution in [2.45, 2.75) is 26.9 Å². The molecule has 1 N–H and O–H groups in total. The van der Waals surface area contributed by atoms with E-state index in [0.29, 0.717) is 17.3 Å². The van der Waals surface area contributed by atoms with Crippen LogP contribution in [0.25, 0.3) is 0 Å². The minimum atomic E-state index is -0.0491. The third-order valence-electron chi connectivity index (χ3n) is 3.98. The van der Waals surface area contributed by atoms with Crippen LogP contribution in [0.3, 0.4) is 0 Å². The van der Waals surface area contributed by atoms with Crippen LogP contribution in [-0.4, -0.2) is 17.4 Å². The molecule has 3 rings (SSSR count). The van der Waals surface area contributed by atoms with Gasteiger partial charge in [0.15, 0.2) is 0 Å². The Hall–Kier alpha value is -1.66. The van der Waals surface area contributed by atoms with Gasteiger partial charge in [-0.05, 0) is 53.9 Å². The number of aryl methyl sites for hydroxylation is 2. The van der Waals surface area contributed by atoms with E-state index in [1.807, 2.05) is 38.1 Å². The van der Waals surface area contributed by atoms with E-state index in [0.717, 1.165) is 24.2 Å². The highest BCUT2D eigenvalue weighted by molar-refractivity contribution is 7.10. The molecular weight excluding hydrogens is 384 g/mol. The van der Waals surface area contributed by atoms with Gasteiger partial charge in [0.25, 0.3) is 0 Å². The molecule has 0 unspecified atom stereocenters. The maximum absolute atomic E-state index is 12.7. The number of hydrogen-bond acceptors (Lipinski definition) is 4. The smallest absolute Gasteiger partial charge is 0.238 e. The van der Waals surface area contributed by atoms with E-state index < -0.39 is 0 Å². The first-order valence-electron chi connectivity index (χ1n) is 8.35. The second-order valence-corrected chi connectivity index (χ2v) is 8.76. The second kappa shape index (κ2) is 8.82. The van der Waals surface area contributed by atoms with E-state index in [-0.39, 0.29) is 5.91 Å². The van der Waals surface area contributed by atoms with Crippen LogP contribution >= 0.6 is 34.3 Å². The summed E-state index contributed by atoms with van der Waals surface area (Å²) < 4.78 is 0. The fraction of sp³-hybridized carbons (Fsp3) is 0.250. The number of thiophene rings is 2. The van der Waals surface area contributed by atoms with Crippen LogP contribution < -0.4 is 5.32 Å². The van der Waals surface area contributed by atoms with Crippen LogP contribution in [0.2, 0.25) is 5.02 Å². The van der Waals surface area contributed by atoms with E-state index in [4.69, 9.17) is 11.6 Å². The third kappa shape index (κ3) is 5.17. The van der Waals surface area contributed by atoms with Crippen molar-refractivity contribution in [1.29, 1.82) is 0 Å². The number of carbonyl (C=O) groups excluding carboxylic acids is 1. The fourth-order valence-corrected chi connectivity index (χ4v) is 4.73. The van der Waals surface area contributed by atoms with E-state index >= 15 is 0 Å². The minimum Gasteiger partial charge on any atom is -0.323 e. The summed E-state index contributed by atoms with van der Waals surface area (Å²) in [4.78, 5) is 17.3. The first-order valence-corrected chi connectivity index (χ1v) is 10.5. The van der Waals surface area contributed by atoms with Gasteiger partial charge in [-0.25, -0.2) is 0 Å². The molecule has 0 radical (unpaired) electrons. The summed E-state index contributed by atoms with van der Waals surface area (Å²) in [6.07, 6.45) is 0. The Labute approximate surface area is 167 Å². The minimum absolute atomic E-state index is 0.0491. The number of rotatable bonds is 7. The highest BCUT2D eigenvalue weighted by Gasteiger charge is 2.15. The summed E-state index contributed by atoms with van der Waals surface area (Å²) in [5.41, 5.74) is 2.77. The number of anilines is 1. The molecule has 3 aromatic rings. The molecule has 2 aromatic heterocycles. The van der Waals surface area contributed by atoms with Gasteiger partial charge in [0.2, 0.25) is 5.91 Å². The van der Waals surface area contributed by atoms with Crippen molar-refractivity contribution in [2.24, 2.45) is 0 Å². The van der Waals surface area contributed by atoms with E-state index in [1.54, 1.807) is 22.7 Å². The van der Waals surface area contributed by atoms with Crippen molar-refractivity contribution in [2.75, 3.05) is 11.9 Å². The molecule has 136 valence electrons. The molecule has 0 atom stereocenters. The zero-order chi connectivity index (χ0) is 18.5. The summed E-state index contributed by atoms with van der Waals surface area (Å²) in [7, 11) is 0. The molecular formula is C20H21ClN2OS2. The van der Waals surface area contributed by atoms with E-state index in [2.05, 4.69) is 33.1 Å². The van der Waals surface area contributed by atoms with Crippen LogP contribution in [0.15, 0.2) is 47.2 Å². The highest BCUT2D eigenvalue weighted by Crippen LogP contribution is 2.27. The molecule has 0 aliphatic carbocycles. The number of benzene rings is 1. The molecule has 1 amide bonds. The standard InChI is InChI=1S/C20H21ClN2OS2/c1-14-9-15(2)20(18(21)10-14)22-19(24)13-23(11-16-5-3-7-25-16)12-17-6-4-8-26-17/h3-10H,11-13H2,1-2H3,(H,22,24). The molecule has 1 aromatic carbocycles. The zero-order valence-electron chi connectivity index (χ0n) is 14.8. The molecule has 0 saturated heterocycles. The SMILES string of the molecule is Cc1cc(C)c(NC(=O)CN(Cc2cccs2)Cc2cccs2)c(Cl)c1. The lowest BCUT2D eigenvalue weighted by Crippen LogP contribution is -2.32. The Balaban J connectivity index is 1.70. The van der Waals surface area contributed by atoms with Gasteiger partial charge in [-0.2, -0.15) is 0 Å². The van der Waals surface area contributed by atoms with E-state index in [9.17, 15) is 4.79 Å². The van der Waals surface area contributed by atoms with Crippen molar-refractivity contribution in [3.63, 3.8) is 0 Å². The summed E-state index contributed by atoms with van der Waals surface area (Å²) >= 11 is 9.74. The summed E-state index contributed by atoms with van der Waals surface area (Å²) in [5.74, 6) is -0.0491. The molecule has 0 saturated carbocycles. The van der Waals surface area contributed by atoms with Crippen molar-refractivity contribution in [1.82, 2.24) is 4.90 Å². The quantitative estimate of drug-likeness (QED) is 0.546. The lowest BCUT2D eigenvalue weighted by Gasteiger charge is -2.21. The Morgan fingerprint density at radius 3 is 2.19 bits per heavy atom. The normalized spacial score (nSPS) is 11.1. The van der Waals surface area contributed by atoms with Crippen LogP contribution in [0.1, 0.15) is 20.9 Å². The Morgan fingerprint density at radius 2 is 1.69 bits per heavy atom. The predicted octanol–water partition coefficient (Wildman–Crippen LogP) is 5.72. The summed E-state index contributed by atoms with van der Waals surface area (Å²) in [6.45, 7) is 5.78. The molecule has 0 aliphatic heterocycles. The lowest BCUT2D eigenvalue weighted by molar-refractivity contribution is -0.117. The average molecular weight is 405 g/mol. The van der Waals surface area contributed by atoms with Crippen LogP contribution in [0, 0.1) is 13.8 Å². The van der Waals surface area contributed by atoms with Crippen molar-refractivity contribution < 1.29 is 4.79 Å². The third-order valence-corrected chi connectivity index (χ3v) is 6.00. The number of carbonyl (C=O) groups is 1. The van der Waals surface area contributed by atoms with Crippen molar-refractivity contribution in [3.8, 4) is 0 Å². The average Bonchev–Trinajstić information content (AvgIpc) is 3.24. The predicted molar refractivity (Wildman–Crippen MR) is 112 cm³/mol. The van der Waals surface area contributed by atoms with Crippen molar-refractivity contribution in [3.05, 3.63) is 73.1 Å². The van der Waals surface area contributed by atoms with Gasteiger partial charge in [-0.3, -0.25) is 9.69 Å². The van der Waals surface area contributed by atoms with Gasteiger partial charge < -0.3 is 5.32 Å². The Morgan fingerprint density at radius 1 is 1.08 bits per heavy atom. The van der Waals surface area contributed by atoms with Gasteiger partial charge in [0.1, 0.15) is 0 Å². The maximum atomic E-state index is 12.7. The van der Waals surface area contributed by atoms with Gasteiger partial charge in [-0.15, -0.1) is 22.7 Å². The maximum Gasteiger partial charge on any atom is 0.238 e. The number of halogens is 1. The molecule has 6 heteroatoms. The fourth-order valence-electron chi connectivity index (χ4n) is 2.87. The van der Waals surface area contributed by atoms with Gasteiger partial charge in [0, 0.05) is 22.8 Å². The molecule has 26 heavy (non-hydrogen) atoms. The number of nitrogens with zero attached hydrogens (tertiary/aromatic N) is 1. The molecule has 2 heterocycles. The van der Waals surface area contributed by atoms with Crippen molar-refractivity contribution >= 4 is 45.9 Å². The van der Waals surface area contributed by atoms with Crippen LogP contribution in [0.5, 0.6) is 0 Å². The molecule has 3 nitrogen and oxygen atoms in total. The lowest BCUT2D eigenvalue weighted by atomic mass is 10.1. The van der Waals surface area contributed by atoms with Gasteiger partial charge >= 0.3 is 0 Å².